The van der Waals surface area contributed by atoms with Crippen LogP contribution in [-0.2, 0) is 10.2 Å². The van der Waals surface area contributed by atoms with Gasteiger partial charge in [0.25, 0.3) is 0 Å². The Morgan fingerprint density at radius 3 is 2.41 bits per heavy atom. The molecule has 3 heteroatoms. The molecule has 1 N–H and O–H groups in total. The van der Waals surface area contributed by atoms with Crippen molar-refractivity contribution in [3.8, 4) is 0 Å². The molecule has 3 nitrogen and oxygen atoms in total. The summed E-state index contributed by atoms with van der Waals surface area (Å²) >= 11 is 0. The highest BCUT2D eigenvalue weighted by molar-refractivity contribution is 5.67. The second kappa shape index (κ2) is 7.66. The molecule has 0 aliphatic carbocycles. The second-order valence-corrected chi connectivity index (χ2v) is 7.11. The summed E-state index contributed by atoms with van der Waals surface area (Å²) in [6.07, 6.45) is 2.77. The lowest BCUT2D eigenvalue weighted by Crippen LogP contribution is -2.42. The van der Waals surface area contributed by atoms with E-state index >= 15 is 0 Å². The molecule has 1 aromatic rings. The molecular weight excluding hydrogens is 274 g/mol. The van der Waals surface area contributed by atoms with E-state index in [1.54, 1.807) is 0 Å². The van der Waals surface area contributed by atoms with E-state index in [1.165, 1.54) is 11.1 Å². The molecule has 1 aromatic carbocycles. The van der Waals surface area contributed by atoms with Crippen LogP contribution in [0, 0.1) is 6.92 Å². The van der Waals surface area contributed by atoms with Crippen molar-refractivity contribution in [2.24, 2.45) is 0 Å². The number of benzene rings is 1. The number of nitrogens with one attached hydrogen (secondary N) is 1. The van der Waals surface area contributed by atoms with Crippen LogP contribution in [0.3, 0.4) is 0 Å². The Kier molecular flexibility index (Phi) is 6.46. The number of carbonyl (C=O) groups is 1. The number of hydrogen-bond donors (Lipinski definition) is 1. The zero-order chi connectivity index (χ0) is 16.8. The van der Waals surface area contributed by atoms with E-state index in [0.717, 1.165) is 19.3 Å². The van der Waals surface area contributed by atoms with Crippen LogP contribution in [-0.4, -0.2) is 18.2 Å². The van der Waals surface area contributed by atoms with Gasteiger partial charge >= 0.3 is 6.09 Å². The van der Waals surface area contributed by atoms with Crippen molar-refractivity contribution in [3.05, 3.63) is 35.4 Å². The summed E-state index contributed by atoms with van der Waals surface area (Å²) in [5, 5.41) is 2.97. The Morgan fingerprint density at radius 2 is 1.91 bits per heavy atom. The van der Waals surface area contributed by atoms with Gasteiger partial charge in [0.15, 0.2) is 0 Å². The van der Waals surface area contributed by atoms with Gasteiger partial charge in [0.05, 0.1) is 0 Å². The summed E-state index contributed by atoms with van der Waals surface area (Å²) in [5.41, 5.74) is 2.06. The van der Waals surface area contributed by atoms with Crippen molar-refractivity contribution >= 4 is 6.09 Å². The fourth-order valence-electron chi connectivity index (χ4n) is 2.85. The van der Waals surface area contributed by atoms with Gasteiger partial charge < -0.3 is 10.1 Å². The third kappa shape index (κ3) is 5.36. The summed E-state index contributed by atoms with van der Waals surface area (Å²) in [7, 11) is 0. The van der Waals surface area contributed by atoms with Gasteiger partial charge in [-0.1, -0.05) is 50.1 Å². The summed E-state index contributed by atoms with van der Waals surface area (Å²) in [6, 6.07) is 8.61. The Hall–Kier alpha value is -1.51. The van der Waals surface area contributed by atoms with E-state index in [0.29, 0.717) is 6.54 Å². The molecule has 0 aliphatic heterocycles. The predicted octanol–water partition coefficient (Wildman–Crippen LogP) is 4.97. The number of amides is 1. The van der Waals surface area contributed by atoms with E-state index in [1.807, 2.05) is 20.8 Å². The number of aryl methyl sites for hydroxylation is 1. The number of hydrogen-bond acceptors (Lipinski definition) is 2. The molecule has 0 saturated heterocycles. The van der Waals surface area contributed by atoms with Crippen LogP contribution in [0.4, 0.5) is 4.79 Å². The lowest BCUT2D eigenvalue weighted by Gasteiger charge is -2.34. The molecule has 0 saturated carbocycles. The molecule has 1 amide bonds. The van der Waals surface area contributed by atoms with Gasteiger partial charge in [-0.2, -0.15) is 0 Å². The first-order chi connectivity index (χ1) is 10.2. The summed E-state index contributed by atoms with van der Waals surface area (Å²) < 4.78 is 5.37. The highest BCUT2D eigenvalue weighted by Crippen LogP contribution is 2.33. The molecular formula is C19H31NO2. The van der Waals surface area contributed by atoms with Crippen LogP contribution < -0.4 is 5.32 Å². The van der Waals surface area contributed by atoms with Crippen LogP contribution in [0.1, 0.15) is 65.0 Å². The minimum atomic E-state index is -0.465. The Morgan fingerprint density at radius 1 is 1.23 bits per heavy atom. The minimum absolute atomic E-state index is 0.0301. The summed E-state index contributed by atoms with van der Waals surface area (Å²) in [4.78, 5) is 12.0. The second-order valence-electron chi connectivity index (χ2n) is 7.11. The van der Waals surface area contributed by atoms with Crippen LogP contribution in [0.15, 0.2) is 24.3 Å². The van der Waals surface area contributed by atoms with Crippen molar-refractivity contribution in [3.63, 3.8) is 0 Å². The van der Waals surface area contributed by atoms with Crippen molar-refractivity contribution < 1.29 is 9.53 Å². The quantitative estimate of drug-likeness (QED) is 0.806. The average molecular weight is 305 g/mol. The van der Waals surface area contributed by atoms with Gasteiger partial charge in [-0.3, -0.25) is 0 Å². The van der Waals surface area contributed by atoms with Crippen molar-refractivity contribution in [2.75, 3.05) is 6.54 Å². The Balaban J connectivity index is 2.91. The molecule has 1 atom stereocenters. The number of carbonyl (C=O) groups excluding carboxylic acids is 1. The number of ether oxygens (including phenoxy) is 1. The highest BCUT2D eigenvalue weighted by Gasteiger charge is 2.30. The van der Waals surface area contributed by atoms with Crippen LogP contribution in [0.2, 0.25) is 0 Å². The van der Waals surface area contributed by atoms with E-state index in [4.69, 9.17) is 4.74 Å². The normalized spacial score (nSPS) is 14.3. The summed E-state index contributed by atoms with van der Waals surface area (Å²) in [5.74, 6) is 0. The molecule has 0 aromatic heterocycles. The zero-order valence-electron chi connectivity index (χ0n) is 15.0. The molecule has 0 radical (unpaired) electrons. The van der Waals surface area contributed by atoms with Crippen LogP contribution >= 0.6 is 0 Å². The van der Waals surface area contributed by atoms with Gasteiger partial charge in [-0.05, 0) is 46.1 Å². The molecule has 0 heterocycles. The average Bonchev–Trinajstić information content (AvgIpc) is 2.41. The largest absolute Gasteiger partial charge is 0.444 e. The van der Waals surface area contributed by atoms with E-state index in [-0.39, 0.29) is 11.5 Å². The molecule has 1 unspecified atom stereocenters. The van der Waals surface area contributed by atoms with Gasteiger partial charge in [-0.25, -0.2) is 4.79 Å². The third-order valence-corrected chi connectivity index (χ3v) is 4.01. The van der Waals surface area contributed by atoms with Gasteiger partial charge in [0, 0.05) is 12.0 Å². The van der Waals surface area contributed by atoms with E-state index in [9.17, 15) is 4.79 Å². The molecule has 0 spiro atoms. The first-order valence-electron chi connectivity index (χ1n) is 8.26. The smallest absolute Gasteiger partial charge is 0.407 e. The first-order valence-corrected chi connectivity index (χ1v) is 8.26. The maximum Gasteiger partial charge on any atom is 0.407 e. The zero-order valence-corrected chi connectivity index (χ0v) is 15.0. The number of rotatable bonds is 6. The molecule has 124 valence electrons. The molecule has 0 aliphatic rings. The maximum atomic E-state index is 12.0. The summed E-state index contributed by atoms with van der Waals surface area (Å²) in [6.45, 7) is 12.7. The number of alkyl carbamates (subject to hydrolysis) is 1. The van der Waals surface area contributed by atoms with Crippen molar-refractivity contribution in [1.82, 2.24) is 5.32 Å². The SMILES string of the molecule is CCCC(CC)(CNC(=O)OC(C)(C)C)c1cccc(C)c1. The first kappa shape index (κ1) is 18.5. The van der Waals surface area contributed by atoms with Crippen molar-refractivity contribution in [1.29, 1.82) is 0 Å². The van der Waals surface area contributed by atoms with Crippen molar-refractivity contribution in [2.45, 2.75) is 71.8 Å². The fraction of sp³-hybridized carbons (Fsp3) is 0.632. The van der Waals surface area contributed by atoms with E-state index in [2.05, 4.69) is 50.4 Å². The Labute approximate surface area is 135 Å². The van der Waals surface area contributed by atoms with E-state index < -0.39 is 5.60 Å². The molecule has 0 bridgehead atoms. The lowest BCUT2D eigenvalue weighted by molar-refractivity contribution is 0.0511. The highest BCUT2D eigenvalue weighted by atomic mass is 16.6. The minimum Gasteiger partial charge on any atom is -0.444 e. The maximum absolute atomic E-state index is 12.0. The van der Waals surface area contributed by atoms with Crippen LogP contribution in [0.25, 0.3) is 0 Å². The standard InChI is InChI=1S/C19H31NO2/c1-7-12-19(8-2,16-11-9-10-15(3)13-16)14-20-17(21)22-18(4,5)6/h9-11,13H,7-8,12,14H2,1-6H3,(H,20,21). The monoisotopic (exact) mass is 305 g/mol. The Bertz CT molecular complexity index is 490. The molecule has 22 heavy (non-hydrogen) atoms. The fourth-order valence-corrected chi connectivity index (χ4v) is 2.85. The lowest BCUT2D eigenvalue weighted by atomic mass is 9.74. The topological polar surface area (TPSA) is 38.3 Å². The third-order valence-electron chi connectivity index (χ3n) is 4.01. The predicted molar refractivity (Wildman–Crippen MR) is 92.3 cm³/mol. The molecule has 1 rings (SSSR count). The van der Waals surface area contributed by atoms with Crippen LogP contribution in [0.5, 0.6) is 0 Å². The molecule has 0 fully saturated rings. The van der Waals surface area contributed by atoms with Gasteiger partial charge in [0.1, 0.15) is 5.60 Å². The van der Waals surface area contributed by atoms with Gasteiger partial charge in [0.2, 0.25) is 0 Å². The van der Waals surface area contributed by atoms with Gasteiger partial charge in [-0.15, -0.1) is 0 Å².